The van der Waals surface area contributed by atoms with Gasteiger partial charge in [0.25, 0.3) is 0 Å². The minimum absolute atomic E-state index is 0.00801. The second-order valence-corrected chi connectivity index (χ2v) is 6.40. The highest BCUT2D eigenvalue weighted by Gasteiger charge is 2.41. The van der Waals surface area contributed by atoms with Crippen LogP contribution in [0.4, 0.5) is 0 Å². The van der Waals surface area contributed by atoms with Gasteiger partial charge in [-0.2, -0.15) is 0 Å². The van der Waals surface area contributed by atoms with Crippen molar-refractivity contribution >= 4 is 23.4 Å². The zero-order valence-corrected chi connectivity index (χ0v) is 13.0. The van der Waals surface area contributed by atoms with Gasteiger partial charge in [-0.25, -0.2) is 0 Å². The molecule has 1 saturated carbocycles. The van der Waals surface area contributed by atoms with Gasteiger partial charge in [0.05, 0.1) is 0 Å². The Morgan fingerprint density at radius 1 is 1.37 bits per heavy atom. The van der Waals surface area contributed by atoms with Crippen molar-refractivity contribution in [1.29, 1.82) is 0 Å². The number of carbonyl (C=O) groups is 2. The van der Waals surface area contributed by atoms with Crippen LogP contribution in [-0.4, -0.2) is 34.7 Å². The lowest BCUT2D eigenvalue weighted by atomic mass is 9.75. The van der Waals surface area contributed by atoms with E-state index in [1.54, 1.807) is 0 Å². The van der Waals surface area contributed by atoms with E-state index >= 15 is 0 Å². The Kier molecular flexibility index (Phi) is 5.65. The first-order valence-corrected chi connectivity index (χ1v) is 7.47. The van der Waals surface area contributed by atoms with Crippen LogP contribution in [0.2, 0.25) is 0 Å². The van der Waals surface area contributed by atoms with E-state index < -0.39 is 0 Å². The predicted molar refractivity (Wildman–Crippen MR) is 76.7 cm³/mol. The molecule has 4 nitrogen and oxygen atoms in total. The summed E-state index contributed by atoms with van der Waals surface area (Å²) >= 11 is 6.26. The Labute approximate surface area is 120 Å². The fraction of sp³-hybridized carbons (Fsp3) is 0.857. The Bertz CT molecular complexity index is 346. The van der Waals surface area contributed by atoms with Crippen LogP contribution in [0, 0.1) is 17.8 Å². The van der Waals surface area contributed by atoms with Crippen LogP contribution >= 0.6 is 11.6 Å². The summed E-state index contributed by atoms with van der Waals surface area (Å²) in [4.78, 5) is 25.7. The first kappa shape index (κ1) is 16.3. The average molecular weight is 289 g/mol. The Morgan fingerprint density at radius 3 is 2.37 bits per heavy atom. The highest BCUT2D eigenvalue weighted by molar-refractivity contribution is 6.20. The van der Waals surface area contributed by atoms with Gasteiger partial charge < -0.3 is 10.6 Å². The maximum atomic E-state index is 12.3. The third-order valence-electron chi connectivity index (χ3n) is 4.13. The number of hydrogen-bond acceptors (Lipinski definition) is 2. The van der Waals surface area contributed by atoms with E-state index in [-0.39, 0.29) is 41.0 Å². The molecule has 0 aromatic carbocycles. The van der Waals surface area contributed by atoms with Crippen molar-refractivity contribution in [2.24, 2.45) is 23.5 Å². The molecule has 1 aliphatic rings. The van der Waals surface area contributed by atoms with Crippen LogP contribution in [0.15, 0.2) is 0 Å². The molecule has 0 radical (unpaired) electrons. The molecule has 1 fully saturated rings. The molecule has 0 saturated heterocycles. The second kappa shape index (κ2) is 6.60. The lowest BCUT2D eigenvalue weighted by molar-refractivity contribution is -0.141. The van der Waals surface area contributed by atoms with Gasteiger partial charge in [-0.15, -0.1) is 11.6 Å². The first-order valence-electron chi connectivity index (χ1n) is 7.03. The zero-order valence-electron chi connectivity index (χ0n) is 12.2. The van der Waals surface area contributed by atoms with E-state index in [0.717, 1.165) is 6.42 Å². The molecular formula is C14H25ClN2O2. The summed E-state index contributed by atoms with van der Waals surface area (Å²) in [6, 6.07) is 0.00801. The van der Waals surface area contributed by atoms with E-state index in [0.29, 0.717) is 13.0 Å². The first-order chi connectivity index (χ1) is 8.79. The summed E-state index contributed by atoms with van der Waals surface area (Å²) in [6.45, 7) is 8.38. The van der Waals surface area contributed by atoms with Crippen LogP contribution in [-0.2, 0) is 9.59 Å². The lowest BCUT2D eigenvalue weighted by Crippen LogP contribution is -2.53. The topological polar surface area (TPSA) is 63.4 Å². The summed E-state index contributed by atoms with van der Waals surface area (Å²) < 4.78 is 0. The predicted octanol–water partition coefficient (Wildman–Crippen LogP) is 2.00. The van der Waals surface area contributed by atoms with Crippen LogP contribution in [0.3, 0.4) is 0 Å². The Hall–Kier alpha value is -0.770. The number of amides is 2. The molecule has 0 aromatic rings. The standard InChI is InChI=1S/C14H25ClN2O2/c1-5-17(14(19)8(2)3)12-7-10(15)6-11(9(12)4)13(16)18/h8-12H,5-7H2,1-4H3,(H2,16,18). The lowest BCUT2D eigenvalue weighted by Gasteiger charge is -2.43. The molecule has 19 heavy (non-hydrogen) atoms. The molecule has 2 amide bonds. The smallest absolute Gasteiger partial charge is 0.225 e. The van der Waals surface area contributed by atoms with Crippen LogP contribution in [0.5, 0.6) is 0 Å². The largest absolute Gasteiger partial charge is 0.369 e. The molecule has 0 spiro atoms. The van der Waals surface area contributed by atoms with Gasteiger partial charge in [-0.05, 0) is 25.7 Å². The highest BCUT2D eigenvalue weighted by atomic mass is 35.5. The van der Waals surface area contributed by atoms with Gasteiger partial charge in [-0.1, -0.05) is 20.8 Å². The van der Waals surface area contributed by atoms with Crippen molar-refractivity contribution in [3.05, 3.63) is 0 Å². The van der Waals surface area contributed by atoms with E-state index in [2.05, 4.69) is 0 Å². The number of rotatable bonds is 4. The molecule has 4 unspecified atom stereocenters. The van der Waals surface area contributed by atoms with Crippen molar-refractivity contribution in [3.8, 4) is 0 Å². The summed E-state index contributed by atoms with van der Waals surface area (Å²) in [6.07, 6.45) is 1.35. The highest BCUT2D eigenvalue weighted by Crippen LogP contribution is 2.36. The molecule has 0 bridgehead atoms. The molecule has 110 valence electrons. The van der Waals surface area contributed by atoms with Gasteiger partial charge in [-0.3, -0.25) is 9.59 Å². The van der Waals surface area contributed by atoms with Gasteiger partial charge in [0.15, 0.2) is 0 Å². The van der Waals surface area contributed by atoms with Gasteiger partial charge in [0.2, 0.25) is 11.8 Å². The summed E-state index contributed by atoms with van der Waals surface area (Å²) in [7, 11) is 0. The van der Waals surface area contributed by atoms with Crippen LogP contribution < -0.4 is 5.73 Å². The molecule has 1 aliphatic carbocycles. The maximum absolute atomic E-state index is 12.3. The van der Waals surface area contributed by atoms with E-state index in [4.69, 9.17) is 17.3 Å². The summed E-state index contributed by atoms with van der Waals surface area (Å²) in [5.41, 5.74) is 5.46. The molecule has 0 aliphatic heterocycles. The van der Waals surface area contributed by atoms with Crippen molar-refractivity contribution in [1.82, 2.24) is 4.90 Å². The number of halogens is 1. The number of primary amides is 1. The fourth-order valence-corrected chi connectivity index (χ4v) is 3.38. The average Bonchev–Trinajstić information content (AvgIpc) is 2.33. The minimum Gasteiger partial charge on any atom is -0.369 e. The summed E-state index contributed by atoms with van der Waals surface area (Å²) in [5, 5.41) is -0.0901. The number of nitrogens with zero attached hydrogens (tertiary/aromatic N) is 1. The van der Waals surface area contributed by atoms with Gasteiger partial charge in [0, 0.05) is 29.8 Å². The molecule has 2 N–H and O–H groups in total. The van der Waals surface area contributed by atoms with Crippen molar-refractivity contribution in [2.45, 2.75) is 52.0 Å². The Balaban J connectivity index is 2.95. The van der Waals surface area contributed by atoms with Crippen molar-refractivity contribution < 1.29 is 9.59 Å². The zero-order chi connectivity index (χ0) is 14.7. The van der Waals surface area contributed by atoms with Crippen LogP contribution in [0.1, 0.15) is 40.5 Å². The fourth-order valence-electron chi connectivity index (χ4n) is 3.00. The number of nitrogens with two attached hydrogens (primary N) is 1. The quantitative estimate of drug-likeness (QED) is 0.804. The molecular weight excluding hydrogens is 264 g/mol. The molecule has 4 atom stereocenters. The minimum atomic E-state index is -0.309. The monoisotopic (exact) mass is 288 g/mol. The second-order valence-electron chi connectivity index (χ2n) is 5.78. The maximum Gasteiger partial charge on any atom is 0.225 e. The number of carbonyl (C=O) groups excluding carboxylic acids is 2. The molecule has 5 heteroatoms. The summed E-state index contributed by atoms with van der Waals surface area (Å²) in [5.74, 6) is -0.412. The number of hydrogen-bond donors (Lipinski definition) is 1. The normalized spacial score (nSPS) is 31.3. The molecule has 0 heterocycles. The molecule has 0 aromatic heterocycles. The van der Waals surface area contributed by atoms with Crippen molar-refractivity contribution in [3.63, 3.8) is 0 Å². The van der Waals surface area contributed by atoms with Crippen LogP contribution in [0.25, 0.3) is 0 Å². The number of alkyl halides is 1. The van der Waals surface area contributed by atoms with Gasteiger partial charge >= 0.3 is 0 Å². The molecule has 1 rings (SSSR count). The van der Waals surface area contributed by atoms with Crippen molar-refractivity contribution in [2.75, 3.05) is 6.54 Å². The Morgan fingerprint density at radius 2 is 1.95 bits per heavy atom. The third kappa shape index (κ3) is 3.62. The SMILES string of the molecule is CCN(C(=O)C(C)C)C1CC(Cl)CC(C(N)=O)C1C. The van der Waals surface area contributed by atoms with E-state index in [9.17, 15) is 9.59 Å². The van der Waals surface area contributed by atoms with E-state index in [1.165, 1.54) is 0 Å². The van der Waals surface area contributed by atoms with E-state index in [1.807, 2.05) is 32.6 Å². The third-order valence-corrected chi connectivity index (χ3v) is 4.49. The van der Waals surface area contributed by atoms with Gasteiger partial charge in [0.1, 0.15) is 0 Å².